The Morgan fingerprint density at radius 3 is 2.61 bits per heavy atom. The van der Waals surface area contributed by atoms with Gasteiger partial charge in [0, 0.05) is 24.8 Å². The van der Waals surface area contributed by atoms with Gasteiger partial charge in [-0.3, -0.25) is 9.48 Å². The van der Waals surface area contributed by atoms with E-state index in [2.05, 4.69) is 10.4 Å². The van der Waals surface area contributed by atoms with E-state index in [-0.39, 0.29) is 24.3 Å². The SMILES string of the molecule is O=C(CCn1ccc(C(=O)O)n1)Nc1cccc(C(F)(F)F)c1. The summed E-state index contributed by atoms with van der Waals surface area (Å²) in [7, 11) is 0. The Morgan fingerprint density at radius 2 is 2.00 bits per heavy atom. The lowest BCUT2D eigenvalue weighted by Crippen LogP contribution is -2.15. The number of carboxylic acid groups (broad SMARTS) is 1. The fourth-order valence-electron chi connectivity index (χ4n) is 1.81. The average Bonchev–Trinajstić information content (AvgIpc) is 2.94. The molecule has 2 rings (SSSR count). The highest BCUT2D eigenvalue weighted by molar-refractivity contribution is 5.90. The quantitative estimate of drug-likeness (QED) is 0.884. The van der Waals surface area contributed by atoms with Crippen molar-refractivity contribution in [3.63, 3.8) is 0 Å². The van der Waals surface area contributed by atoms with Crippen LogP contribution in [0.15, 0.2) is 36.5 Å². The Labute approximate surface area is 128 Å². The summed E-state index contributed by atoms with van der Waals surface area (Å²) >= 11 is 0. The molecular formula is C14H12F3N3O3. The van der Waals surface area contributed by atoms with Crippen LogP contribution in [0.4, 0.5) is 18.9 Å². The molecule has 2 N–H and O–H groups in total. The summed E-state index contributed by atoms with van der Waals surface area (Å²) < 4.78 is 39.0. The Balaban J connectivity index is 1.93. The highest BCUT2D eigenvalue weighted by Gasteiger charge is 2.30. The molecule has 0 saturated carbocycles. The second kappa shape index (κ2) is 6.51. The van der Waals surface area contributed by atoms with Crippen molar-refractivity contribution < 1.29 is 27.9 Å². The van der Waals surface area contributed by atoms with E-state index in [0.29, 0.717) is 0 Å². The number of aryl methyl sites for hydroxylation is 1. The largest absolute Gasteiger partial charge is 0.476 e. The van der Waals surface area contributed by atoms with Crippen LogP contribution < -0.4 is 5.32 Å². The Morgan fingerprint density at radius 1 is 1.26 bits per heavy atom. The monoisotopic (exact) mass is 327 g/mol. The van der Waals surface area contributed by atoms with Gasteiger partial charge in [0.1, 0.15) is 0 Å². The smallest absolute Gasteiger partial charge is 0.416 e. The maximum absolute atomic E-state index is 12.6. The van der Waals surface area contributed by atoms with Gasteiger partial charge in [-0.2, -0.15) is 18.3 Å². The van der Waals surface area contributed by atoms with E-state index in [1.54, 1.807) is 0 Å². The number of anilines is 1. The van der Waals surface area contributed by atoms with E-state index in [1.165, 1.54) is 29.1 Å². The molecule has 9 heteroatoms. The van der Waals surface area contributed by atoms with E-state index in [0.717, 1.165) is 12.1 Å². The normalized spacial score (nSPS) is 11.3. The second-order valence-corrected chi connectivity index (χ2v) is 4.65. The standard InChI is InChI=1S/C14H12F3N3O3/c15-14(16,17)9-2-1-3-10(8-9)18-12(21)5-7-20-6-4-11(19-20)13(22)23/h1-4,6,8H,5,7H2,(H,18,21)(H,22,23). The molecule has 0 aliphatic heterocycles. The first-order chi connectivity index (χ1) is 10.8. The van der Waals surface area contributed by atoms with Crippen LogP contribution in [0.25, 0.3) is 0 Å². The number of halogens is 3. The number of carbonyl (C=O) groups excluding carboxylic acids is 1. The molecule has 6 nitrogen and oxygen atoms in total. The molecule has 23 heavy (non-hydrogen) atoms. The summed E-state index contributed by atoms with van der Waals surface area (Å²) in [6.07, 6.45) is -3.14. The fraction of sp³-hybridized carbons (Fsp3) is 0.214. The molecule has 0 saturated heterocycles. The molecule has 0 atom stereocenters. The van der Waals surface area contributed by atoms with Gasteiger partial charge in [0.15, 0.2) is 5.69 Å². The van der Waals surface area contributed by atoms with Gasteiger partial charge in [-0.05, 0) is 24.3 Å². The third-order valence-electron chi connectivity index (χ3n) is 2.90. The average molecular weight is 327 g/mol. The van der Waals surface area contributed by atoms with Gasteiger partial charge in [-0.1, -0.05) is 6.07 Å². The van der Waals surface area contributed by atoms with Crippen LogP contribution in [-0.4, -0.2) is 26.8 Å². The Hall–Kier alpha value is -2.84. The van der Waals surface area contributed by atoms with Crippen molar-refractivity contribution in [1.82, 2.24) is 9.78 Å². The van der Waals surface area contributed by atoms with Crippen LogP contribution >= 0.6 is 0 Å². The zero-order chi connectivity index (χ0) is 17.0. The van der Waals surface area contributed by atoms with Crippen molar-refractivity contribution in [3.8, 4) is 0 Å². The number of rotatable bonds is 5. The molecule has 2 aromatic rings. The van der Waals surface area contributed by atoms with E-state index in [4.69, 9.17) is 5.11 Å². The molecule has 1 aromatic heterocycles. The number of amides is 1. The first-order valence-corrected chi connectivity index (χ1v) is 6.49. The van der Waals surface area contributed by atoms with Gasteiger partial charge in [-0.15, -0.1) is 0 Å². The predicted molar refractivity (Wildman–Crippen MR) is 73.9 cm³/mol. The fourth-order valence-corrected chi connectivity index (χ4v) is 1.81. The number of carboxylic acids is 1. The van der Waals surface area contributed by atoms with Gasteiger partial charge in [0.05, 0.1) is 5.56 Å². The van der Waals surface area contributed by atoms with Crippen LogP contribution in [0.3, 0.4) is 0 Å². The van der Waals surface area contributed by atoms with Crippen LogP contribution in [0.2, 0.25) is 0 Å². The van der Waals surface area contributed by atoms with E-state index >= 15 is 0 Å². The molecule has 0 fully saturated rings. The van der Waals surface area contributed by atoms with Gasteiger partial charge in [0.2, 0.25) is 5.91 Å². The number of alkyl halides is 3. The van der Waals surface area contributed by atoms with Crippen molar-refractivity contribution in [2.75, 3.05) is 5.32 Å². The van der Waals surface area contributed by atoms with Crippen molar-refractivity contribution in [3.05, 3.63) is 47.8 Å². The lowest BCUT2D eigenvalue weighted by Gasteiger charge is -2.10. The first kappa shape index (κ1) is 16.5. The number of nitrogens with zero attached hydrogens (tertiary/aromatic N) is 2. The van der Waals surface area contributed by atoms with Crippen molar-refractivity contribution >= 4 is 17.6 Å². The maximum atomic E-state index is 12.6. The lowest BCUT2D eigenvalue weighted by atomic mass is 10.2. The van der Waals surface area contributed by atoms with E-state index in [1.807, 2.05) is 0 Å². The van der Waals surface area contributed by atoms with Crippen LogP contribution in [-0.2, 0) is 17.5 Å². The molecule has 0 radical (unpaired) electrons. The number of carbonyl (C=O) groups is 2. The van der Waals surface area contributed by atoms with Crippen molar-refractivity contribution in [1.29, 1.82) is 0 Å². The van der Waals surface area contributed by atoms with Gasteiger partial charge >= 0.3 is 12.1 Å². The molecule has 1 heterocycles. The Bertz CT molecular complexity index is 725. The van der Waals surface area contributed by atoms with Crippen molar-refractivity contribution in [2.24, 2.45) is 0 Å². The lowest BCUT2D eigenvalue weighted by molar-refractivity contribution is -0.137. The zero-order valence-corrected chi connectivity index (χ0v) is 11.7. The minimum atomic E-state index is -4.48. The topological polar surface area (TPSA) is 84.2 Å². The van der Waals surface area contributed by atoms with Gasteiger partial charge in [-0.25, -0.2) is 4.79 Å². The highest BCUT2D eigenvalue weighted by atomic mass is 19.4. The molecule has 0 spiro atoms. The second-order valence-electron chi connectivity index (χ2n) is 4.65. The van der Waals surface area contributed by atoms with Gasteiger partial charge < -0.3 is 10.4 Å². The summed E-state index contributed by atoms with van der Waals surface area (Å²) in [6, 6.07) is 5.59. The maximum Gasteiger partial charge on any atom is 0.416 e. The summed E-state index contributed by atoms with van der Waals surface area (Å²) in [6.45, 7) is 0.109. The number of nitrogens with one attached hydrogen (secondary N) is 1. The molecule has 122 valence electrons. The summed E-state index contributed by atoms with van der Waals surface area (Å²) in [5, 5.41) is 14.8. The minimum Gasteiger partial charge on any atom is -0.476 e. The number of benzene rings is 1. The summed E-state index contributed by atoms with van der Waals surface area (Å²) in [5.74, 6) is -1.69. The molecule has 0 aliphatic carbocycles. The summed E-state index contributed by atoms with van der Waals surface area (Å²) in [5.41, 5.74) is -0.965. The van der Waals surface area contributed by atoms with E-state index in [9.17, 15) is 22.8 Å². The predicted octanol–water partition coefficient (Wildman–Crippen LogP) is 2.63. The van der Waals surface area contributed by atoms with Crippen LogP contribution in [0.5, 0.6) is 0 Å². The first-order valence-electron chi connectivity index (χ1n) is 6.49. The van der Waals surface area contributed by atoms with Crippen LogP contribution in [0.1, 0.15) is 22.5 Å². The molecule has 0 bridgehead atoms. The third-order valence-corrected chi connectivity index (χ3v) is 2.90. The summed E-state index contributed by atoms with van der Waals surface area (Å²) in [4.78, 5) is 22.4. The third kappa shape index (κ3) is 4.56. The number of aromatic nitrogens is 2. The van der Waals surface area contributed by atoms with Gasteiger partial charge in [0.25, 0.3) is 0 Å². The molecule has 1 aromatic carbocycles. The number of hydrogen-bond acceptors (Lipinski definition) is 3. The zero-order valence-electron chi connectivity index (χ0n) is 11.7. The molecule has 0 unspecified atom stereocenters. The number of hydrogen-bond donors (Lipinski definition) is 2. The molecular weight excluding hydrogens is 315 g/mol. The molecule has 0 aliphatic rings. The minimum absolute atomic E-state index is 0.0384. The van der Waals surface area contributed by atoms with E-state index < -0.39 is 23.6 Å². The Kier molecular flexibility index (Phi) is 4.68. The van der Waals surface area contributed by atoms with Crippen LogP contribution in [0, 0.1) is 0 Å². The van der Waals surface area contributed by atoms with Crippen molar-refractivity contribution in [2.45, 2.75) is 19.1 Å². The molecule has 1 amide bonds. The highest BCUT2D eigenvalue weighted by Crippen LogP contribution is 2.30. The number of aromatic carboxylic acids is 1.